The van der Waals surface area contributed by atoms with Gasteiger partial charge in [-0.2, -0.15) is 0 Å². The van der Waals surface area contributed by atoms with Gasteiger partial charge in [0.1, 0.15) is 12.1 Å². The summed E-state index contributed by atoms with van der Waals surface area (Å²) in [7, 11) is 2.08. The van der Waals surface area contributed by atoms with E-state index in [9.17, 15) is 0 Å². The zero-order valence-electron chi connectivity index (χ0n) is 34.0. The molecule has 6 rings (SSSR count). The van der Waals surface area contributed by atoms with E-state index in [4.69, 9.17) is 9.40 Å². The van der Waals surface area contributed by atoms with Crippen molar-refractivity contribution in [1.82, 2.24) is 24.3 Å². The maximum Gasteiger partial charge on any atom is 0.226 e. The van der Waals surface area contributed by atoms with Crippen molar-refractivity contribution in [1.29, 1.82) is 0 Å². The van der Waals surface area contributed by atoms with Crippen LogP contribution in [0.25, 0.3) is 22.8 Å². The molecular weight excluding hydrogens is 627 g/mol. The van der Waals surface area contributed by atoms with Gasteiger partial charge in [0.05, 0.1) is 11.4 Å². The number of piperidine rings is 2. The Hall–Kier alpha value is -3.22. The highest BCUT2D eigenvalue weighted by atomic mass is 16.3. The molecule has 2 aliphatic heterocycles. The Morgan fingerprint density at radius 3 is 1.41 bits per heavy atom. The van der Waals surface area contributed by atoms with Gasteiger partial charge in [0.15, 0.2) is 0 Å². The van der Waals surface area contributed by atoms with E-state index in [-0.39, 0.29) is 0 Å². The standard InChI is InChI=1S/C22H33N3.C21H30N2O.C2H6/c1-16(2)19-10-12-25(13-11-19)14-18-6-8-20(9-7-18)22-23-21(17(3)4)15-24(22)5;1-15(2)18-9-11-23(12-10-18)13-17-5-7-19(8-6-17)21-22-20(14-24-21)16(3)4;1-2/h6-9,15-17,19H,10-14H2,1-5H3;5-8,14-16,18H,9-13H2,1-4H3;1-2H3. The average Bonchev–Trinajstić information content (AvgIpc) is 3.79. The summed E-state index contributed by atoms with van der Waals surface area (Å²) < 4.78 is 7.75. The number of aromatic nitrogens is 3. The van der Waals surface area contributed by atoms with E-state index in [1.54, 1.807) is 6.26 Å². The third kappa shape index (κ3) is 11.6. The number of likely N-dealkylation sites (tertiary alicyclic amines) is 2. The summed E-state index contributed by atoms with van der Waals surface area (Å²) in [4.78, 5) is 14.6. The van der Waals surface area contributed by atoms with Gasteiger partial charge in [-0.3, -0.25) is 9.80 Å². The van der Waals surface area contributed by atoms with Gasteiger partial charge in [0.25, 0.3) is 0 Å². The van der Waals surface area contributed by atoms with E-state index >= 15 is 0 Å². The quantitative estimate of drug-likeness (QED) is 0.165. The zero-order valence-corrected chi connectivity index (χ0v) is 34.0. The first-order valence-corrected chi connectivity index (χ1v) is 20.1. The Labute approximate surface area is 311 Å². The van der Waals surface area contributed by atoms with Crippen LogP contribution in [0.1, 0.15) is 129 Å². The molecule has 2 aromatic heterocycles. The maximum atomic E-state index is 5.61. The smallest absolute Gasteiger partial charge is 0.226 e. The van der Waals surface area contributed by atoms with Crippen LogP contribution in [0.2, 0.25) is 0 Å². The number of nitrogens with zero attached hydrogens (tertiary/aromatic N) is 5. The Morgan fingerprint density at radius 2 is 1.04 bits per heavy atom. The predicted molar refractivity (Wildman–Crippen MR) is 216 cm³/mol. The normalized spacial score (nSPS) is 16.5. The molecule has 0 unspecified atom stereocenters. The number of hydrogen-bond acceptors (Lipinski definition) is 5. The minimum absolute atomic E-state index is 0.399. The topological polar surface area (TPSA) is 50.3 Å². The van der Waals surface area contributed by atoms with Gasteiger partial charge < -0.3 is 8.98 Å². The number of imidazole rings is 1. The molecule has 0 amide bonds. The highest BCUT2D eigenvalue weighted by molar-refractivity contribution is 5.57. The van der Waals surface area contributed by atoms with Crippen LogP contribution in [-0.4, -0.2) is 50.5 Å². The van der Waals surface area contributed by atoms with Crippen molar-refractivity contribution in [3.05, 3.63) is 83.5 Å². The maximum absolute atomic E-state index is 5.61. The molecule has 6 nitrogen and oxygen atoms in total. The molecule has 0 radical (unpaired) electrons. The summed E-state index contributed by atoms with van der Waals surface area (Å²) >= 11 is 0. The second-order valence-corrected chi connectivity index (χ2v) is 16.1. The van der Waals surface area contributed by atoms with Crippen molar-refractivity contribution in [2.75, 3.05) is 26.2 Å². The third-order valence-electron chi connectivity index (χ3n) is 11.0. The lowest BCUT2D eigenvalue weighted by Gasteiger charge is -2.33. The Balaban J connectivity index is 0.000000218. The average molecular weight is 696 g/mol. The lowest BCUT2D eigenvalue weighted by Crippen LogP contribution is -2.34. The molecule has 2 saturated heterocycles. The van der Waals surface area contributed by atoms with Gasteiger partial charge in [-0.25, -0.2) is 9.97 Å². The zero-order chi connectivity index (χ0) is 37.1. The van der Waals surface area contributed by atoms with Gasteiger partial charge in [0.2, 0.25) is 5.89 Å². The first-order valence-electron chi connectivity index (χ1n) is 20.1. The number of hydrogen-bond donors (Lipinski definition) is 0. The summed E-state index contributed by atoms with van der Waals surface area (Å²) in [6.45, 7) is 29.1. The Kier molecular flexibility index (Phi) is 15.6. The SMILES string of the molecule is CC.CC(C)c1cn(C)c(-c2ccc(CN3CCC(C(C)C)CC3)cc2)n1.CC(C)c1coc(-c2ccc(CN3CCC(C(C)C)CC3)cc2)n1. The Morgan fingerprint density at radius 1 is 0.608 bits per heavy atom. The molecule has 2 aromatic carbocycles. The lowest BCUT2D eigenvalue weighted by molar-refractivity contribution is 0.152. The van der Waals surface area contributed by atoms with Crippen LogP contribution < -0.4 is 0 Å². The van der Waals surface area contributed by atoms with Crippen LogP contribution >= 0.6 is 0 Å². The fourth-order valence-electron chi connectivity index (χ4n) is 7.30. The lowest BCUT2D eigenvalue weighted by atomic mass is 9.86. The molecule has 0 aliphatic carbocycles. The minimum Gasteiger partial charge on any atom is -0.444 e. The van der Waals surface area contributed by atoms with Crippen LogP contribution in [0, 0.1) is 23.7 Å². The van der Waals surface area contributed by atoms with Crippen LogP contribution in [0.3, 0.4) is 0 Å². The summed E-state index contributed by atoms with van der Waals surface area (Å²) in [5.74, 6) is 6.12. The molecular formula is C45H69N5O. The van der Waals surface area contributed by atoms with E-state index < -0.39 is 0 Å². The predicted octanol–water partition coefficient (Wildman–Crippen LogP) is 11.4. The molecule has 4 aromatic rings. The number of benzene rings is 2. The third-order valence-corrected chi connectivity index (χ3v) is 11.0. The van der Waals surface area contributed by atoms with E-state index in [0.29, 0.717) is 11.8 Å². The summed E-state index contributed by atoms with van der Waals surface area (Å²) in [5.41, 5.74) is 7.22. The van der Waals surface area contributed by atoms with Gasteiger partial charge in [-0.05, 0) is 111 Å². The van der Waals surface area contributed by atoms with Gasteiger partial charge in [0, 0.05) is 37.5 Å². The van der Waals surface area contributed by atoms with Crippen molar-refractivity contribution in [2.24, 2.45) is 30.7 Å². The molecule has 6 heteroatoms. The van der Waals surface area contributed by atoms with Crippen molar-refractivity contribution >= 4 is 0 Å². The first kappa shape index (κ1) is 40.5. The van der Waals surface area contributed by atoms with E-state index in [1.165, 1.54) is 68.6 Å². The van der Waals surface area contributed by atoms with Crippen LogP contribution in [0.4, 0.5) is 0 Å². The minimum atomic E-state index is 0.399. The molecule has 4 heterocycles. The Bertz CT molecular complexity index is 1550. The van der Waals surface area contributed by atoms with Crippen LogP contribution in [0.15, 0.2) is 65.4 Å². The second kappa shape index (κ2) is 19.6. The molecule has 0 N–H and O–H groups in total. The molecule has 280 valence electrons. The van der Waals surface area contributed by atoms with Gasteiger partial charge >= 0.3 is 0 Å². The largest absolute Gasteiger partial charge is 0.444 e. The van der Waals surface area contributed by atoms with Gasteiger partial charge in [-0.1, -0.05) is 106 Å². The molecule has 0 spiro atoms. The fraction of sp³-hybridized carbons (Fsp3) is 0.600. The monoisotopic (exact) mass is 696 g/mol. The molecule has 0 atom stereocenters. The fourth-order valence-corrected chi connectivity index (χ4v) is 7.30. The molecule has 2 aliphatic rings. The van der Waals surface area contributed by atoms with E-state index in [2.05, 4.69) is 137 Å². The number of aryl methyl sites for hydroxylation is 1. The molecule has 0 saturated carbocycles. The van der Waals surface area contributed by atoms with Crippen molar-refractivity contribution < 1.29 is 4.42 Å². The van der Waals surface area contributed by atoms with Gasteiger partial charge in [-0.15, -0.1) is 0 Å². The first-order chi connectivity index (χ1) is 24.5. The highest BCUT2D eigenvalue weighted by Crippen LogP contribution is 2.28. The van der Waals surface area contributed by atoms with Crippen molar-refractivity contribution in [3.8, 4) is 22.8 Å². The van der Waals surface area contributed by atoms with E-state index in [0.717, 1.165) is 65.4 Å². The summed E-state index contributed by atoms with van der Waals surface area (Å²) in [5, 5.41) is 0. The number of rotatable bonds is 10. The molecule has 0 bridgehead atoms. The molecule has 2 fully saturated rings. The second-order valence-electron chi connectivity index (χ2n) is 16.1. The number of oxazole rings is 1. The summed E-state index contributed by atoms with van der Waals surface area (Å²) in [6.07, 6.45) is 9.29. The van der Waals surface area contributed by atoms with Crippen LogP contribution in [0.5, 0.6) is 0 Å². The highest BCUT2D eigenvalue weighted by Gasteiger charge is 2.23. The van der Waals surface area contributed by atoms with E-state index in [1.807, 2.05) is 13.8 Å². The summed E-state index contributed by atoms with van der Waals surface area (Å²) in [6, 6.07) is 17.7. The van der Waals surface area contributed by atoms with Crippen molar-refractivity contribution in [2.45, 2.75) is 120 Å². The van der Waals surface area contributed by atoms with Crippen LogP contribution in [-0.2, 0) is 20.1 Å². The van der Waals surface area contributed by atoms with Crippen molar-refractivity contribution in [3.63, 3.8) is 0 Å². The molecule has 51 heavy (non-hydrogen) atoms.